The molecule has 1 amide bonds. The first-order valence-corrected chi connectivity index (χ1v) is 9.94. The summed E-state index contributed by atoms with van der Waals surface area (Å²) >= 11 is 0. The summed E-state index contributed by atoms with van der Waals surface area (Å²) in [6.45, 7) is 0.668. The molecule has 156 valence electrons. The Labute approximate surface area is 164 Å². The van der Waals surface area contributed by atoms with Gasteiger partial charge < -0.3 is 14.8 Å². The van der Waals surface area contributed by atoms with Crippen molar-refractivity contribution in [3.8, 4) is 5.75 Å². The van der Waals surface area contributed by atoms with E-state index in [1.807, 2.05) is 0 Å². The summed E-state index contributed by atoms with van der Waals surface area (Å²) in [4.78, 5) is 12.3. The van der Waals surface area contributed by atoms with E-state index in [0.29, 0.717) is 19.1 Å². The quantitative estimate of drug-likeness (QED) is 0.687. The molecule has 0 aliphatic carbocycles. The van der Waals surface area contributed by atoms with Crippen molar-refractivity contribution < 1.29 is 35.9 Å². The van der Waals surface area contributed by atoms with Crippen LogP contribution >= 0.6 is 0 Å². The molecule has 0 spiro atoms. The number of carbonyl (C=O) groups excluding carboxylic acids is 1. The van der Waals surface area contributed by atoms with Crippen molar-refractivity contribution in [1.82, 2.24) is 4.72 Å². The predicted molar refractivity (Wildman–Crippen MR) is 96.8 cm³/mol. The number of sulfonamides is 1. The summed E-state index contributed by atoms with van der Waals surface area (Å²) in [5.74, 6) is -5.69. The Kier molecular flexibility index (Phi) is 6.10. The van der Waals surface area contributed by atoms with Crippen molar-refractivity contribution in [3.05, 3.63) is 53.3 Å². The van der Waals surface area contributed by atoms with Crippen LogP contribution in [0, 0.1) is 17.5 Å². The highest BCUT2D eigenvalue weighted by Crippen LogP contribution is 2.26. The molecule has 0 aromatic heterocycles. The lowest BCUT2D eigenvalue weighted by atomic mass is 10.1. The largest absolute Gasteiger partial charge is 0.496 e. The normalized spacial score (nSPS) is 16.6. The molecular weight excluding hydrogens is 413 g/mol. The lowest BCUT2D eigenvalue weighted by molar-refractivity contribution is 0.102. The highest BCUT2D eigenvalue weighted by atomic mass is 32.2. The van der Waals surface area contributed by atoms with Gasteiger partial charge in [-0.15, -0.1) is 0 Å². The van der Waals surface area contributed by atoms with Gasteiger partial charge >= 0.3 is 0 Å². The molecular formula is C18H17F3N2O5S. The molecule has 0 radical (unpaired) electrons. The molecule has 2 aromatic rings. The maximum Gasteiger partial charge on any atom is 0.259 e. The van der Waals surface area contributed by atoms with Crippen LogP contribution in [0.25, 0.3) is 0 Å². The maximum atomic E-state index is 13.8. The molecule has 1 fully saturated rings. The SMILES string of the molecule is COc1ccc(S(=O)(=O)N[C@H]2CCOC2)cc1C(=O)Nc1ccc(F)c(F)c1F. The fraction of sp³-hybridized carbons (Fsp3) is 0.278. The Morgan fingerprint density at radius 1 is 1.17 bits per heavy atom. The van der Waals surface area contributed by atoms with E-state index in [2.05, 4.69) is 10.0 Å². The third-order valence-corrected chi connectivity index (χ3v) is 5.78. The van der Waals surface area contributed by atoms with Crippen molar-refractivity contribution in [2.45, 2.75) is 17.4 Å². The van der Waals surface area contributed by atoms with Gasteiger partial charge in [0, 0.05) is 12.6 Å². The van der Waals surface area contributed by atoms with Crippen LogP contribution in [0.15, 0.2) is 35.2 Å². The summed E-state index contributed by atoms with van der Waals surface area (Å²) in [5, 5.41) is 2.09. The Bertz CT molecular complexity index is 1040. The third-order valence-electron chi connectivity index (χ3n) is 4.26. The molecule has 1 aliphatic rings. The van der Waals surface area contributed by atoms with Gasteiger partial charge in [0.1, 0.15) is 5.75 Å². The van der Waals surface area contributed by atoms with Crippen LogP contribution in [0.5, 0.6) is 5.75 Å². The van der Waals surface area contributed by atoms with Gasteiger partial charge in [0.05, 0.1) is 29.9 Å². The molecule has 2 N–H and O–H groups in total. The molecule has 2 aromatic carbocycles. The number of ether oxygens (including phenoxy) is 2. The van der Waals surface area contributed by atoms with E-state index in [-0.39, 0.29) is 22.8 Å². The molecule has 0 bridgehead atoms. The summed E-state index contributed by atoms with van der Waals surface area (Å²) < 4.78 is 78.1. The first-order chi connectivity index (χ1) is 13.7. The van der Waals surface area contributed by atoms with Gasteiger partial charge in [-0.1, -0.05) is 0 Å². The number of nitrogens with one attached hydrogen (secondary N) is 2. The van der Waals surface area contributed by atoms with Crippen LogP contribution in [-0.2, 0) is 14.8 Å². The van der Waals surface area contributed by atoms with E-state index < -0.39 is 45.1 Å². The molecule has 1 atom stereocenters. The highest BCUT2D eigenvalue weighted by molar-refractivity contribution is 7.89. The Morgan fingerprint density at radius 2 is 1.93 bits per heavy atom. The first kappa shape index (κ1) is 21.1. The van der Waals surface area contributed by atoms with Crippen molar-refractivity contribution in [1.29, 1.82) is 0 Å². The van der Waals surface area contributed by atoms with Gasteiger partial charge in [0.15, 0.2) is 17.5 Å². The molecule has 11 heteroatoms. The third kappa shape index (κ3) is 4.52. The van der Waals surface area contributed by atoms with E-state index in [0.717, 1.165) is 12.1 Å². The van der Waals surface area contributed by atoms with Crippen LogP contribution in [0.4, 0.5) is 18.9 Å². The Hall–Kier alpha value is -2.63. The van der Waals surface area contributed by atoms with Gasteiger partial charge in [-0.3, -0.25) is 4.79 Å². The monoisotopic (exact) mass is 430 g/mol. The van der Waals surface area contributed by atoms with Gasteiger partial charge in [-0.25, -0.2) is 26.3 Å². The van der Waals surface area contributed by atoms with Crippen LogP contribution in [0.1, 0.15) is 16.8 Å². The summed E-state index contributed by atoms with van der Waals surface area (Å²) in [7, 11) is -2.71. The fourth-order valence-electron chi connectivity index (χ4n) is 2.76. The van der Waals surface area contributed by atoms with Crippen molar-refractivity contribution >= 4 is 21.6 Å². The lowest BCUT2D eigenvalue weighted by Crippen LogP contribution is -2.35. The number of methoxy groups -OCH3 is 1. The number of rotatable bonds is 6. The number of benzene rings is 2. The second kappa shape index (κ2) is 8.39. The standard InChI is InChI=1S/C18H17F3N2O5S/c1-27-15-5-2-11(29(25,26)23-10-6-7-28-9-10)8-12(15)18(24)22-14-4-3-13(19)16(20)17(14)21/h2-5,8,10,23H,6-7,9H2,1H3,(H,22,24)/t10-/m0/s1. The zero-order valence-corrected chi connectivity index (χ0v) is 16.0. The van der Waals surface area contributed by atoms with Gasteiger partial charge in [0.2, 0.25) is 10.0 Å². The topological polar surface area (TPSA) is 93.7 Å². The second-order valence-corrected chi connectivity index (χ2v) is 7.93. The zero-order chi connectivity index (χ0) is 21.2. The average Bonchev–Trinajstić information content (AvgIpc) is 3.20. The molecule has 1 heterocycles. The predicted octanol–water partition coefficient (Wildman–Crippen LogP) is 2.43. The zero-order valence-electron chi connectivity index (χ0n) is 15.2. The van der Waals surface area contributed by atoms with Crippen molar-refractivity contribution in [2.24, 2.45) is 0 Å². The number of carbonyl (C=O) groups is 1. The molecule has 3 rings (SSSR count). The van der Waals surface area contributed by atoms with E-state index in [1.54, 1.807) is 0 Å². The van der Waals surface area contributed by atoms with E-state index in [4.69, 9.17) is 9.47 Å². The molecule has 7 nitrogen and oxygen atoms in total. The fourth-order valence-corrected chi connectivity index (χ4v) is 4.04. The van der Waals surface area contributed by atoms with Crippen molar-refractivity contribution in [3.63, 3.8) is 0 Å². The van der Waals surface area contributed by atoms with Crippen LogP contribution in [0.3, 0.4) is 0 Å². The van der Waals surface area contributed by atoms with E-state index >= 15 is 0 Å². The molecule has 0 saturated carbocycles. The van der Waals surface area contributed by atoms with Crippen LogP contribution in [-0.4, -0.2) is 40.7 Å². The molecule has 0 unspecified atom stereocenters. The summed E-state index contributed by atoms with van der Waals surface area (Å²) in [6, 6.07) is 4.66. The Morgan fingerprint density at radius 3 is 2.59 bits per heavy atom. The van der Waals surface area contributed by atoms with Gasteiger partial charge in [-0.2, -0.15) is 0 Å². The number of halogens is 3. The number of anilines is 1. The van der Waals surface area contributed by atoms with Crippen molar-refractivity contribution in [2.75, 3.05) is 25.6 Å². The maximum absolute atomic E-state index is 13.8. The minimum Gasteiger partial charge on any atom is -0.496 e. The number of hydrogen-bond acceptors (Lipinski definition) is 5. The molecule has 29 heavy (non-hydrogen) atoms. The van der Waals surface area contributed by atoms with Crippen LogP contribution in [0.2, 0.25) is 0 Å². The minimum absolute atomic E-state index is 0.00800. The minimum atomic E-state index is -3.97. The average molecular weight is 430 g/mol. The smallest absolute Gasteiger partial charge is 0.259 e. The summed E-state index contributed by atoms with van der Waals surface area (Å²) in [6.07, 6.45) is 0.512. The number of hydrogen-bond donors (Lipinski definition) is 2. The second-order valence-electron chi connectivity index (χ2n) is 6.22. The Balaban J connectivity index is 1.90. The van der Waals surface area contributed by atoms with Gasteiger partial charge in [-0.05, 0) is 36.8 Å². The molecule has 1 aliphatic heterocycles. The summed E-state index contributed by atoms with van der Waals surface area (Å²) in [5.41, 5.74) is -0.840. The lowest BCUT2D eigenvalue weighted by Gasteiger charge is -2.14. The van der Waals surface area contributed by atoms with Crippen LogP contribution < -0.4 is 14.8 Å². The van der Waals surface area contributed by atoms with E-state index in [1.165, 1.54) is 19.2 Å². The van der Waals surface area contributed by atoms with Gasteiger partial charge in [0.25, 0.3) is 5.91 Å². The molecule has 1 saturated heterocycles. The van der Waals surface area contributed by atoms with E-state index in [9.17, 15) is 26.4 Å². The highest BCUT2D eigenvalue weighted by Gasteiger charge is 2.26. The number of amides is 1. The first-order valence-electron chi connectivity index (χ1n) is 8.46.